The molecule has 51 heavy (non-hydrogen) atoms. The summed E-state index contributed by atoms with van der Waals surface area (Å²) in [4.78, 5) is 0. The molecule has 1 N–H and O–H groups in total. The highest BCUT2D eigenvalue weighted by Crippen LogP contribution is 2.39. The van der Waals surface area contributed by atoms with Crippen LogP contribution in [0.25, 0.3) is 66.4 Å². The van der Waals surface area contributed by atoms with E-state index in [-0.39, 0.29) is 0 Å². The van der Waals surface area contributed by atoms with E-state index in [9.17, 15) is 0 Å². The molecule has 2 heteroatoms. The number of para-hydroxylation sites is 2. The minimum absolute atomic E-state index is 0.944. The lowest BCUT2D eigenvalue weighted by atomic mass is 9.96. The maximum Gasteiger partial charge on any atom is 0.0547 e. The van der Waals surface area contributed by atoms with Crippen LogP contribution in [0.2, 0.25) is 0 Å². The molecule has 7 aromatic carbocycles. The number of anilines is 2. The lowest BCUT2D eigenvalue weighted by molar-refractivity contribution is 1.18. The fourth-order valence-electron chi connectivity index (χ4n) is 6.87. The number of rotatable bonds is 9. The molecule has 0 aliphatic heterocycles. The van der Waals surface area contributed by atoms with Gasteiger partial charge in [-0.05, 0) is 100 Å². The van der Waals surface area contributed by atoms with Gasteiger partial charge in [-0.15, -0.1) is 0 Å². The van der Waals surface area contributed by atoms with Crippen LogP contribution in [0.5, 0.6) is 0 Å². The second-order valence-corrected chi connectivity index (χ2v) is 12.7. The first-order valence-corrected chi connectivity index (χ1v) is 17.4. The van der Waals surface area contributed by atoms with E-state index >= 15 is 0 Å². The Bertz CT molecular complexity index is 2540. The van der Waals surface area contributed by atoms with E-state index in [4.69, 9.17) is 0 Å². The summed E-state index contributed by atoms with van der Waals surface area (Å²) in [5, 5.41) is 6.06. The molecule has 8 aromatic rings. The van der Waals surface area contributed by atoms with Crippen molar-refractivity contribution >= 4 is 38.8 Å². The van der Waals surface area contributed by atoms with Crippen LogP contribution < -0.4 is 5.32 Å². The van der Waals surface area contributed by atoms with E-state index in [1.165, 1.54) is 44.1 Å². The summed E-state index contributed by atoms with van der Waals surface area (Å²) in [5.74, 6) is 0. The van der Waals surface area contributed by atoms with Crippen LogP contribution in [0.1, 0.15) is 12.5 Å². The normalized spacial score (nSPS) is 11.5. The van der Waals surface area contributed by atoms with Crippen LogP contribution in [-0.4, -0.2) is 4.57 Å². The van der Waals surface area contributed by atoms with E-state index in [1.807, 2.05) is 43.4 Å². The van der Waals surface area contributed by atoms with Crippen molar-refractivity contribution in [3.05, 3.63) is 206 Å². The van der Waals surface area contributed by atoms with Gasteiger partial charge in [-0.25, -0.2) is 0 Å². The van der Waals surface area contributed by atoms with Crippen molar-refractivity contribution in [3.63, 3.8) is 0 Å². The van der Waals surface area contributed by atoms with Gasteiger partial charge in [-0.3, -0.25) is 0 Å². The van der Waals surface area contributed by atoms with Crippen LogP contribution in [0, 0.1) is 0 Å². The fourth-order valence-corrected chi connectivity index (χ4v) is 6.87. The Kier molecular flexibility index (Phi) is 8.72. The number of benzene rings is 7. The molecule has 244 valence electrons. The summed E-state index contributed by atoms with van der Waals surface area (Å²) >= 11 is 0. The van der Waals surface area contributed by atoms with Crippen LogP contribution in [0.15, 0.2) is 201 Å². The Morgan fingerprint density at radius 3 is 1.80 bits per heavy atom. The number of hydrogen-bond donors (Lipinski definition) is 1. The van der Waals surface area contributed by atoms with Crippen molar-refractivity contribution in [2.24, 2.45) is 0 Å². The molecular weight excluding hydrogens is 617 g/mol. The molecule has 0 saturated carbocycles. The highest BCUT2D eigenvalue weighted by Gasteiger charge is 2.16. The molecule has 0 bridgehead atoms. The first-order chi connectivity index (χ1) is 25.2. The lowest BCUT2D eigenvalue weighted by Gasteiger charge is -2.15. The van der Waals surface area contributed by atoms with Crippen LogP contribution in [0.3, 0.4) is 0 Å². The van der Waals surface area contributed by atoms with E-state index in [1.54, 1.807) is 0 Å². The van der Waals surface area contributed by atoms with Crippen molar-refractivity contribution in [2.75, 3.05) is 5.32 Å². The zero-order chi connectivity index (χ0) is 34.6. The van der Waals surface area contributed by atoms with Gasteiger partial charge in [0.05, 0.1) is 11.0 Å². The van der Waals surface area contributed by atoms with Gasteiger partial charge in [0, 0.05) is 33.4 Å². The van der Waals surface area contributed by atoms with Gasteiger partial charge < -0.3 is 9.88 Å². The summed E-state index contributed by atoms with van der Waals surface area (Å²) in [6.45, 7) is 6.47. The number of fused-ring (bicyclic) bond motifs is 3. The Morgan fingerprint density at radius 1 is 0.510 bits per heavy atom. The monoisotopic (exact) mass is 654 g/mol. The molecule has 8 rings (SSSR count). The van der Waals surface area contributed by atoms with Crippen molar-refractivity contribution < 1.29 is 0 Å². The first-order valence-electron chi connectivity index (χ1n) is 17.4. The highest BCUT2D eigenvalue weighted by molar-refractivity contribution is 6.11. The minimum atomic E-state index is 0.944. The van der Waals surface area contributed by atoms with Crippen LogP contribution >= 0.6 is 0 Å². The SMILES string of the molecule is C=C(/C=C\C=C/C)c1cc(-c2ccc3c(c2)c2ccc(-c4ccc(-c5ccccc5)cc4)cc2n3-c2ccccc2)ccc1Nc1ccccc1. The van der Waals surface area contributed by atoms with E-state index in [0.717, 1.165) is 39.3 Å². The summed E-state index contributed by atoms with van der Waals surface area (Å²) in [6.07, 6.45) is 8.16. The molecule has 0 amide bonds. The predicted molar refractivity (Wildman–Crippen MR) is 220 cm³/mol. The van der Waals surface area contributed by atoms with Gasteiger partial charge in [0.25, 0.3) is 0 Å². The molecule has 0 aliphatic carbocycles. The van der Waals surface area contributed by atoms with Gasteiger partial charge in [0.2, 0.25) is 0 Å². The average Bonchev–Trinajstić information content (AvgIpc) is 3.52. The average molecular weight is 655 g/mol. The standard InChI is InChI=1S/C49H38N2/c1-3-4-8-15-35(2)45-32-39(27-30-47(45)50-42-18-11-6-12-19-42)40-28-31-48-46(33-40)44-29-26-41(34-49(44)51(48)43-20-13-7-14-21-43)38-24-22-37(23-25-38)36-16-9-5-10-17-36/h3-34,50H,2H2,1H3/b4-3-,15-8-. The van der Waals surface area contributed by atoms with Crippen LogP contribution in [-0.2, 0) is 0 Å². The molecule has 1 aromatic heterocycles. The molecule has 0 radical (unpaired) electrons. The topological polar surface area (TPSA) is 17.0 Å². The lowest BCUT2D eigenvalue weighted by Crippen LogP contribution is -1.96. The number of nitrogens with one attached hydrogen (secondary N) is 1. The Morgan fingerprint density at radius 2 is 1.08 bits per heavy atom. The zero-order valence-electron chi connectivity index (χ0n) is 28.6. The summed E-state index contributed by atoms with van der Waals surface area (Å²) in [5.41, 5.74) is 14.7. The fraction of sp³-hybridized carbons (Fsp3) is 0.0204. The van der Waals surface area contributed by atoms with E-state index in [2.05, 4.69) is 174 Å². The largest absolute Gasteiger partial charge is 0.355 e. The maximum atomic E-state index is 4.45. The smallest absolute Gasteiger partial charge is 0.0547 e. The first kappa shape index (κ1) is 31.6. The molecule has 0 saturated heterocycles. The number of nitrogens with zero attached hydrogens (tertiary/aromatic N) is 1. The van der Waals surface area contributed by atoms with Gasteiger partial charge in [0.15, 0.2) is 0 Å². The maximum absolute atomic E-state index is 4.45. The second-order valence-electron chi connectivity index (χ2n) is 12.7. The van der Waals surface area contributed by atoms with Crippen LogP contribution in [0.4, 0.5) is 11.4 Å². The highest BCUT2D eigenvalue weighted by atomic mass is 15.0. The Balaban J connectivity index is 1.24. The van der Waals surface area contributed by atoms with Crippen molar-refractivity contribution in [2.45, 2.75) is 6.92 Å². The summed E-state index contributed by atoms with van der Waals surface area (Å²) in [6, 6.07) is 60.7. The molecule has 0 unspecified atom stereocenters. The van der Waals surface area contributed by atoms with Crippen molar-refractivity contribution in [1.82, 2.24) is 4.57 Å². The quantitative estimate of drug-likeness (QED) is 0.153. The number of allylic oxidation sites excluding steroid dienone is 5. The van der Waals surface area contributed by atoms with E-state index in [0.29, 0.717) is 0 Å². The Hall–Kier alpha value is -6.64. The van der Waals surface area contributed by atoms with Gasteiger partial charge in [-0.1, -0.05) is 146 Å². The third-order valence-corrected chi connectivity index (χ3v) is 9.46. The minimum Gasteiger partial charge on any atom is -0.355 e. The third-order valence-electron chi connectivity index (χ3n) is 9.46. The van der Waals surface area contributed by atoms with Gasteiger partial charge >= 0.3 is 0 Å². The van der Waals surface area contributed by atoms with Crippen molar-refractivity contribution in [3.8, 4) is 39.1 Å². The molecular formula is C49H38N2. The zero-order valence-corrected chi connectivity index (χ0v) is 28.6. The van der Waals surface area contributed by atoms with Gasteiger partial charge in [-0.2, -0.15) is 0 Å². The Labute approximate surface area is 300 Å². The molecule has 0 aliphatic rings. The van der Waals surface area contributed by atoms with Gasteiger partial charge in [0.1, 0.15) is 0 Å². The summed E-state index contributed by atoms with van der Waals surface area (Å²) < 4.78 is 2.39. The molecule has 0 spiro atoms. The second kappa shape index (κ2) is 14.1. The number of aromatic nitrogens is 1. The molecule has 0 atom stereocenters. The number of hydrogen-bond acceptors (Lipinski definition) is 1. The van der Waals surface area contributed by atoms with Crippen molar-refractivity contribution in [1.29, 1.82) is 0 Å². The molecule has 0 fully saturated rings. The summed E-state index contributed by atoms with van der Waals surface area (Å²) in [7, 11) is 0. The molecule has 2 nitrogen and oxygen atoms in total. The predicted octanol–water partition coefficient (Wildman–Crippen LogP) is 13.7. The van der Waals surface area contributed by atoms with E-state index < -0.39 is 0 Å². The third kappa shape index (κ3) is 6.44. The molecule has 1 heterocycles.